The van der Waals surface area contributed by atoms with Crippen LogP contribution in [0, 0.1) is 6.92 Å². The highest BCUT2D eigenvalue weighted by Crippen LogP contribution is 2.21. The minimum absolute atomic E-state index is 0.558. The molecular weight excluding hydrogens is 248 g/mol. The standard InChI is InChI=1S/C17H22N2O/c1-13-7-9-14(10-8-13)11-19(2)12-17(20)15-5-3-4-6-16(15)18/h3-10,17,20H,11-12,18H2,1-2H3. The number of likely N-dealkylation sites (N-methyl/N-ethyl adjacent to an activating group) is 1. The van der Waals surface area contributed by atoms with Crippen molar-refractivity contribution in [3.8, 4) is 0 Å². The van der Waals surface area contributed by atoms with Crippen LogP contribution in [0.2, 0.25) is 0 Å². The second-order valence-electron chi connectivity index (χ2n) is 5.33. The van der Waals surface area contributed by atoms with Crippen LogP contribution >= 0.6 is 0 Å². The number of benzene rings is 2. The van der Waals surface area contributed by atoms with Gasteiger partial charge in [-0.2, -0.15) is 0 Å². The first kappa shape index (κ1) is 14.6. The number of nitrogen functional groups attached to an aromatic ring is 1. The number of anilines is 1. The van der Waals surface area contributed by atoms with E-state index in [1.165, 1.54) is 11.1 Å². The van der Waals surface area contributed by atoms with E-state index in [4.69, 9.17) is 5.73 Å². The highest BCUT2D eigenvalue weighted by Gasteiger charge is 2.13. The Labute approximate surface area is 120 Å². The van der Waals surface area contributed by atoms with E-state index in [1.807, 2.05) is 31.3 Å². The van der Waals surface area contributed by atoms with Gasteiger partial charge in [0, 0.05) is 24.3 Å². The predicted molar refractivity (Wildman–Crippen MR) is 83.3 cm³/mol. The van der Waals surface area contributed by atoms with Gasteiger partial charge in [0.15, 0.2) is 0 Å². The Hall–Kier alpha value is -1.84. The quantitative estimate of drug-likeness (QED) is 0.821. The fraction of sp³-hybridized carbons (Fsp3) is 0.294. The molecule has 106 valence electrons. The van der Waals surface area contributed by atoms with E-state index in [9.17, 15) is 5.11 Å². The van der Waals surface area contributed by atoms with Crippen LogP contribution in [-0.2, 0) is 6.54 Å². The summed E-state index contributed by atoms with van der Waals surface area (Å²) in [5.74, 6) is 0. The van der Waals surface area contributed by atoms with Gasteiger partial charge in [-0.25, -0.2) is 0 Å². The second-order valence-corrected chi connectivity index (χ2v) is 5.33. The van der Waals surface area contributed by atoms with Crippen LogP contribution in [0.3, 0.4) is 0 Å². The first-order valence-corrected chi connectivity index (χ1v) is 6.83. The largest absolute Gasteiger partial charge is 0.398 e. The summed E-state index contributed by atoms with van der Waals surface area (Å²) in [6, 6.07) is 15.9. The molecule has 0 fully saturated rings. The molecule has 2 aromatic carbocycles. The van der Waals surface area contributed by atoms with Gasteiger partial charge in [0.05, 0.1) is 6.10 Å². The monoisotopic (exact) mass is 270 g/mol. The lowest BCUT2D eigenvalue weighted by Crippen LogP contribution is -2.24. The number of aliphatic hydroxyl groups excluding tert-OH is 1. The Morgan fingerprint density at radius 2 is 1.75 bits per heavy atom. The third-order valence-electron chi connectivity index (χ3n) is 3.41. The Balaban J connectivity index is 1.96. The maximum Gasteiger partial charge on any atom is 0.0936 e. The first-order valence-electron chi connectivity index (χ1n) is 6.83. The summed E-state index contributed by atoms with van der Waals surface area (Å²) in [5.41, 5.74) is 9.82. The van der Waals surface area contributed by atoms with Gasteiger partial charge in [0.2, 0.25) is 0 Å². The lowest BCUT2D eigenvalue weighted by molar-refractivity contribution is 0.124. The molecule has 3 N–H and O–H groups in total. The van der Waals surface area contributed by atoms with Gasteiger partial charge in [-0.3, -0.25) is 4.90 Å². The molecule has 3 nitrogen and oxygen atoms in total. The Bertz CT molecular complexity index is 551. The minimum atomic E-state index is -0.563. The van der Waals surface area contributed by atoms with E-state index in [-0.39, 0.29) is 0 Å². The average Bonchev–Trinajstić information content (AvgIpc) is 2.41. The number of hydrogen-bond donors (Lipinski definition) is 2. The number of nitrogens with two attached hydrogens (primary N) is 1. The Kier molecular flexibility index (Phi) is 4.77. The minimum Gasteiger partial charge on any atom is -0.398 e. The maximum atomic E-state index is 10.3. The van der Waals surface area contributed by atoms with E-state index >= 15 is 0 Å². The molecule has 0 saturated heterocycles. The summed E-state index contributed by atoms with van der Waals surface area (Å²) in [5, 5.41) is 10.3. The lowest BCUT2D eigenvalue weighted by atomic mass is 10.1. The van der Waals surface area contributed by atoms with Crippen LogP contribution in [0.4, 0.5) is 5.69 Å². The molecule has 0 aliphatic rings. The summed E-state index contributed by atoms with van der Waals surface area (Å²) in [6.45, 7) is 3.45. The van der Waals surface area contributed by atoms with Crippen molar-refractivity contribution in [2.45, 2.75) is 19.6 Å². The zero-order valence-electron chi connectivity index (χ0n) is 12.1. The topological polar surface area (TPSA) is 49.5 Å². The van der Waals surface area contributed by atoms with Gasteiger partial charge in [-0.1, -0.05) is 48.0 Å². The van der Waals surface area contributed by atoms with Gasteiger partial charge < -0.3 is 10.8 Å². The molecule has 3 heteroatoms. The van der Waals surface area contributed by atoms with Crippen LogP contribution in [0.15, 0.2) is 48.5 Å². The molecule has 0 amide bonds. The van der Waals surface area contributed by atoms with E-state index < -0.39 is 6.10 Å². The smallest absolute Gasteiger partial charge is 0.0936 e. The number of para-hydroxylation sites is 1. The molecule has 0 heterocycles. The summed E-state index contributed by atoms with van der Waals surface area (Å²) in [7, 11) is 2.00. The highest BCUT2D eigenvalue weighted by molar-refractivity contribution is 5.47. The fourth-order valence-corrected chi connectivity index (χ4v) is 2.28. The summed E-state index contributed by atoms with van der Waals surface area (Å²) in [6.07, 6.45) is -0.563. The van der Waals surface area contributed by atoms with Gasteiger partial charge in [-0.05, 0) is 25.6 Å². The molecule has 1 atom stereocenters. The molecule has 0 aromatic heterocycles. The molecule has 0 bridgehead atoms. The van der Waals surface area contributed by atoms with E-state index in [1.54, 1.807) is 0 Å². The van der Waals surface area contributed by atoms with Crippen molar-refractivity contribution in [3.63, 3.8) is 0 Å². The van der Waals surface area contributed by atoms with Crippen molar-refractivity contribution in [2.75, 3.05) is 19.3 Å². The van der Waals surface area contributed by atoms with E-state index in [2.05, 4.69) is 36.1 Å². The third-order valence-corrected chi connectivity index (χ3v) is 3.41. The molecule has 2 aromatic rings. The molecule has 1 unspecified atom stereocenters. The van der Waals surface area contributed by atoms with E-state index in [0.717, 1.165) is 12.1 Å². The first-order chi connectivity index (χ1) is 9.56. The Morgan fingerprint density at radius 1 is 1.10 bits per heavy atom. The van der Waals surface area contributed by atoms with Gasteiger partial charge in [0.25, 0.3) is 0 Å². The zero-order valence-corrected chi connectivity index (χ0v) is 12.1. The van der Waals surface area contributed by atoms with Gasteiger partial charge in [-0.15, -0.1) is 0 Å². The van der Waals surface area contributed by atoms with Crippen LogP contribution in [0.1, 0.15) is 22.8 Å². The number of rotatable bonds is 5. The van der Waals surface area contributed by atoms with Crippen molar-refractivity contribution < 1.29 is 5.11 Å². The third kappa shape index (κ3) is 3.83. The molecule has 0 saturated carbocycles. The van der Waals surface area contributed by atoms with Gasteiger partial charge in [0.1, 0.15) is 0 Å². The SMILES string of the molecule is Cc1ccc(CN(C)CC(O)c2ccccc2N)cc1. The molecule has 0 aliphatic carbocycles. The maximum absolute atomic E-state index is 10.3. The summed E-state index contributed by atoms with van der Waals surface area (Å²) < 4.78 is 0. The van der Waals surface area contributed by atoms with Crippen LogP contribution < -0.4 is 5.73 Å². The molecular formula is C17H22N2O. The summed E-state index contributed by atoms with van der Waals surface area (Å²) >= 11 is 0. The van der Waals surface area contributed by atoms with Crippen molar-refractivity contribution in [3.05, 3.63) is 65.2 Å². The van der Waals surface area contributed by atoms with Crippen molar-refractivity contribution in [1.82, 2.24) is 4.90 Å². The molecule has 0 aliphatic heterocycles. The number of hydrogen-bond acceptors (Lipinski definition) is 3. The number of aliphatic hydroxyl groups is 1. The summed E-state index contributed by atoms with van der Waals surface area (Å²) in [4.78, 5) is 2.10. The van der Waals surface area contributed by atoms with Crippen molar-refractivity contribution >= 4 is 5.69 Å². The predicted octanol–water partition coefficient (Wildman–Crippen LogP) is 2.74. The fourth-order valence-electron chi connectivity index (χ4n) is 2.28. The van der Waals surface area contributed by atoms with Crippen molar-refractivity contribution in [2.24, 2.45) is 0 Å². The van der Waals surface area contributed by atoms with Crippen LogP contribution in [0.5, 0.6) is 0 Å². The average molecular weight is 270 g/mol. The van der Waals surface area contributed by atoms with E-state index in [0.29, 0.717) is 12.2 Å². The molecule has 0 radical (unpaired) electrons. The lowest BCUT2D eigenvalue weighted by Gasteiger charge is -2.21. The van der Waals surface area contributed by atoms with Gasteiger partial charge >= 0.3 is 0 Å². The highest BCUT2D eigenvalue weighted by atomic mass is 16.3. The molecule has 2 rings (SSSR count). The van der Waals surface area contributed by atoms with Crippen molar-refractivity contribution in [1.29, 1.82) is 0 Å². The normalized spacial score (nSPS) is 12.6. The van der Waals surface area contributed by atoms with Crippen LogP contribution in [-0.4, -0.2) is 23.6 Å². The zero-order chi connectivity index (χ0) is 14.5. The Morgan fingerprint density at radius 3 is 2.40 bits per heavy atom. The number of nitrogens with zero attached hydrogens (tertiary/aromatic N) is 1. The molecule has 20 heavy (non-hydrogen) atoms. The van der Waals surface area contributed by atoms with Crippen LogP contribution in [0.25, 0.3) is 0 Å². The molecule has 0 spiro atoms. The second kappa shape index (κ2) is 6.55. The number of aryl methyl sites for hydroxylation is 1.